The smallest absolute Gasteiger partial charge is 0.303 e. The summed E-state index contributed by atoms with van der Waals surface area (Å²) in [5.41, 5.74) is 0.354. The minimum atomic E-state index is -1.13. The van der Waals surface area contributed by atoms with Gasteiger partial charge < -0.3 is 24.1 Å². The van der Waals surface area contributed by atoms with Crippen molar-refractivity contribution in [2.24, 2.45) is 45.3 Å². The van der Waals surface area contributed by atoms with Crippen molar-refractivity contribution in [3.8, 4) is 0 Å². The van der Waals surface area contributed by atoms with Crippen LogP contribution in [0.3, 0.4) is 0 Å². The van der Waals surface area contributed by atoms with Crippen LogP contribution in [0.4, 0.5) is 0 Å². The number of carbonyl (C=O) groups excluding carboxylic acids is 1. The normalized spacial score (nSPS) is 48.2. The number of hydrogen-bond donors (Lipinski definition) is 1. The summed E-state index contributed by atoms with van der Waals surface area (Å²) >= 11 is 0. The average molecular weight is 620 g/mol. The molecule has 7 fully saturated rings. The summed E-state index contributed by atoms with van der Waals surface area (Å²) in [6.45, 7) is 19.1. The molecule has 5 aliphatic carbocycles. The molecule has 9 unspecified atom stereocenters. The third kappa shape index (κ3) is 5.04. The van der Waals surface area contributed by atoms with Gasteiger partial charge in [0, 0.05) is 21.4 Å². The van der Waals surface area contributed by atoms with Gasteiger partial charge in [-0.15, -0.1) is 0 Å². The predicted molar refractivity (Wildman–Crippen MR) is 173 cm³/mol. The summed E-state index contributed by atoms with van der Waals surface area (Å²) in [5.74, 6) is 2.45. The molecule has 0 amide bonds. The first-order valence-corrected chi connectivity index (χ1v) is 18.2. The van der Waals surface area contributed by atoms with Gasteiger partial charge in [-0.2, -0.15) is 0 Å². The lowest BCUT2D eigenvalue weighted by atomic mass is 9.46. The minimum Gasteiger partial charge on any atom is -0.457 e. The van der Waals surface area contributed by atoms with Crippen LogP contribution in [0.15, 0.2) is 0 Å². The van der Waals surface area contributed by atoms with Gasteiger partial charge in [0.25, 0.3) is 0 Å². The molecule has 0 aromatic heterocycles. The fourth-order valence-electron chi connectivity index (χ4n) is 12.6. The second kappa shape index (κ2) is 11.5. The molecule has 2 saturated heterocycles. The van der Waals surface area contributed by atoms with Crippen LogP contribution in [0.5, 0.6) is 0 Å². The molecule has 0 aromatic carbocycles. The van der Waals surface area contributed by atoms with E-state index in [9.17, 15) is 9.90 Å². The monoisotopic (exact) mass is 619 g/mol. The molecule has 2 aliphatic heterocycles. The van der Waals surface area contributed by atoms with Gasteiger partial charge in [0.1, 0.15) is 0 Å². The maximum atomic E-state index is 11.9. The van der Waals surface area contributed by atoms with E-state index >= 15 is 0 Å². The molecule has 7 aliphatic rings. The first kappa shape index (κ1) is 33.2. The Hall–Kier alpha value is -0.730. The van der Waals surface area contributed by atoms with Crippen molar-refractivity contribution in [3.63, 3.8) is 0 Å². The van der Waals surface area contributed by atoms with Gasteiger partial charge in [-0.05, 0) is 130 Å². The molecular formula is C37H65NO6. The summed E-state index contributed by atoms with van der Waals surface area (Å²) in [6.07, 6.45) is 11.9. The highest BCUT2D eigenvalue weighted by Gasteiger charge is 2.80. The number of carbonyl (C=O) groups is 1. The Morgan fingerprint density at radius 2 is 1.73 bits per heavy atom. The summed E-state index contributed by atoms with van der Waals surface area (Å²) in [5, 5.41) is 10.9. The largest absolute Gasteiger partial charge is 0.457 e. The van der Waals surface area contributed by atoms with E-state index in [2.05, 4.69) is 32.7 Å². The maximum absolute atomic E-state index is 11.9. The number of fused-ring (bicyclic) bond motifs is 4. The fourth-order valence-corrected chi connectivity index (χ4v) is 12.6. The quantitative estimate of drug-likeness (QED) is 0.338. The van der Waals surface area contributed by atoms with Crippen molar-refractivity contribution in [2.45, 2.75) is 156 Å². The zero-order chi connectivity index (χ0) is 31.9. The third-order valence-electron chi connectivity index (χ3n) is 14.4. The summed E-state index contributed by atoms with van der Waals surface area (Å²) < 4.78 is 25.3. The van der Waals surface area contributed by atoms with Crippen molar-refractivity contribution in [1.29, 1.82) is 0 Å². The van der Waals surface area contributed by atoms with E-state index in [1.54, 1.807) is 13.8 Å². The number of aliphatic hydroxyl groups is 1. The molecule has 44 heavy (non-hydrogen) atoms. The maximum Gasteiger partial charge on any atom is 0.303 e. The van der Waals surface area contributed by atoms with Gasteiger partial charge in [0.05, 0.1) is 30.5 Å². The fraction of sp³-hybridized carbons (Fsp3) is 0.973. The van der Waals surface area contributed by atoms with Gasteiger partial charge in [0.15, 0.2) is 12.4 Å². The Bertz CT molecular complexity index is 1080. The van der Waals surface area contributed by atoms with Gasteiger partial charge in [0.2, 0.25) is 0 Å². The van der Waals surface area contributed by atoms with Crippen LogP contribution in [-0.4, -0.2) is 79.0 Å². The summed E-state index contributed by atoms with van der Waals surface area (Å²) in [6, 6.07) is 0. The van der Waals surface area contributed by atoms with Gasteiger partial charge in [-0.1, -0.05) is 34.6 Å². The van der Waals surface area contributed by atoms with Crippen molar-refractivity contribution < 1.29 is 30.3 Å². The Balaban J connectivity index is 0.00000131. The molecule has 12 atom stereocenters. The lowest BCUT2D eigenvalue weighted by molar-refractivity contribution is -0.243. The Labute approximate surface area is 268 Å². The molecule has 7 nitrogen and oxygen atoms in total. The molecule has 7 rings (SSSR count). The molecule has 5 saturated carbocycles. The molecular weight excluding hydrogens is 554 g/mol. The van der Waals surface area contributed by atoms with Crippen molar-refractivity contribution in [1.82, 2.24) is 4.90 Å². The molecule has 1 N–H and O–H groups in total. The highest BCUT2D eigenvalue weighted by atomic mass is 16.7. The number of rotatable bonds is 5. The number of nitrogens with zero attached hydrogens (tertiary/aromatic N) is 1. The molecule has 2 heterocycles. The average Bonchev–Trinajstić information content (AvgIpc) is 3.53. The number of esters is 1. The van der Waals surface area contributed by atoms with Crippen LogP contribution in [0.2, 0.25) is 0 Å². The van der Waals surface area contributed by atoms with E-state index in [1.165, 1.54) is 45.4 Å². The van der Waals surface area contributed by atoms with Crippen LogP contribution in [-0.2, 0) is 23.7 Å². The van der Waals surface area contributed by atoms with Crippen LogP contribution in [0, 0.1) is 45.3 Å². The van der Waals surface area contributed by atoms with E-state index < -0.39 is 11.7 Å². The van der Waals surface area contributed by atoms with E-state index in [0.29, 0.717) is 28.1 Å². The molecule has 254 valence electrons. The highest BCUT2D eigenvalue weighted by Crippen LogP contribution is 2.87. The molecule has 0 aromatic rings. The molecule has 0 radical (unpaired) electrons. The third-order valence-corrected chi connectivity index (χ3v) is 14.4. The van der Waals surface area contributed by atoms with Gasteiger partial charge >= 0.3 is 5.97 Å². The zero-order valence-corrected chi connectivity index (χ0v) is 29.3. The number of hydrogen-bond acceptors (Lipinski definition) is 7. The van der Waals surface area contributed by atoms with Crippen molar-refractivity contribution in [2.75, 3.05) is 26.7 Å². The van der Waals surface area contributed by atoms with Crippen molar-refractivity contribution in [3.05, 3.63) is 0 Å². The van der Waals surface area contributed by atoms with Crippen LogP contribution >= 0.6 is 0 Å². The van der Waals surface area contributed by atoms with E-state index in [-0.39, 0.29) is 37.4 Å². The lowest BCUT2D eigenvalue weighted by Crippen LogP contribution is -2.56. The van der Waals surface area contributed by atoms with Gasteiger partial charge in [-0.3, -0.25) is 9.69 Å². The molecule has 2 spiro atoms. The second-order valence-electron chi connectivity index (χ2n) is 17.2. The topological polar surface area (TPSA) is 77.5 Å². The Kier molecular flexibility index (Phi) is 8.64. The zero-order valence-electron chi connectivity index (χ0n) is 29.3. The van der Waals surface area contributed by atoms with Crippen LogP contribution in [0.1, 0.15) is 121 Å². The van der Waals surface area contributed by atoms with E-state index in [4.69, 9.17) is 18.9 Å². The van der Waals surface area contributed by atoms with Crippen molar-refractivity contribution >= 4 is 5.97 Å². The summed E-state index contributed by atoms with van der Waals surface area (Å²) in [7, 11) is 2.17. The first-order valence-electron chi connectivity index (χ1n) is 18.2. The highest BCUT2D eigenvalue weighted by molar-refractivity contribution is 5.66. The van der Waals surface area contributed by atoms with E-state index in [1.807, 2.05) is 13.8 Å². The molecule has 0 bridgehead atoms. The second-order valence-corrected chi connectivity index (χ2v) is 17.2. The Morgan fingerprint density at radius 1 is 1.00 bits per heavy atom. The number of morpholine rings is 1. The Morgan fingerprint density at radius 3 is 2.41 bits per heavy atom. The predicted octanol–water partition coefficient (Wildman–Crippen LogP) is 6.84. The molecule has 7 heteroatoms. The SMILES string of the molecule is CC.CC(=O)O[C@@H](C1CCC2C(CC3C4CCC5C(C)(C)[C@@H](OC6CN(C)CCO6)CCC56C[C@@]46CCC23C)O1)C(C)(C)O.[HH]. The standard InChI is InChI=1S/C35H57NO6.C2H6.H2/c1-21(37)40-30(32(4,5)38)25-10-8-23-26(41-25)18-24-22-9-11-27-31(2,3)28(42-29-19-36(7)16-17-39-29)12-13-35(27)20-34(22,35)15-14-33(23,24)6;1-2;/h22-30,38H,8-20H2,1-7H3;1-2H3;1H/t22?,23?,24?,25?,26?,27?,28-,29?,30-,33?,34-,35?;;/m0../s1. The minimum absolute atomic E-state index is 0. The van der Waals surface area contributed by atoms with Crippen LogP contribution in [0.25, 0.3) is 0 Å². The van der Waals surface area contributed by atoms with E-state index in [0.717, 1.165) is 57.2 Å². The number of likely N-dealkylation sites (N-methyl/N-ethyl adjacent to an activating group) is 1. The van der Waals surface area contributed by atoms with Crippen LogP contribution < -0.4 is 0 Å². The first-order chi connectivity index (χ1) is 20.7. The summed E-state index contributed by atoms with van der Waals surface area (Å²) in [4.78, 5) is 14.2. The lowest BCUT2D eigenvalue weighted by Gasteiger charge is -2.60. The van der Waals surface area contributed by atoms with Gasteiger partial charge in [-0.25, -0.2) is 0 Å². The number of ether oxygens (including phenoxy) is 4.